The van der Waals surface area contributed by atoms with Crippen LogP contribution in [0.2, 0.25) is 0 Å². The second kappa shape index (κ2) is 6.68. The number of nitrogens with one attached hydrogen (secondary N) is 1. The lowest BCUT2D eigenvalue weighted by atomic mass is 10.0. The van der Waals surface area contributed by atoms with Crippen LogP contribution < -0.4 is 5.32 Å². The smallest absolute Gasteiger partial charge is 0.326 e. The highest BCUT2D eigenvalue weighted by molar-refractivity contribution is 5.85. The van der Waals surface area contributed by atoms with Gasteiger partial charge in [-0.3, -0.25) is 4.79 Å². The molecule has 0 fully saturated rings. The fourth-order valence-corrected chi connectivity index (χ4v) is 1.29. The third-order valence-electron chi connectivity index (χ3n) is 1.98. The van der Waals surface area contributed by atoms with Crippen molar-refractivity contribution < 1.29 is 23.8 Å². The minimum Gasteiger partial charge on any atom is -0.480 e. The number of carboxylic acid groups (broad SMARTS) is 1. The quantitative estimate of drug-likeness (QED) is 0.765. The van der Waals surface area contributed by atoms with Gasteiger partial charge in [0.2, 0.25) is 0 Å². The molecule has 18 heavy (non-hydrogen) atoms. The van der Waals surface area contributed by atoms with E-state index in [-0.39, 0.29) is 12.3 Å². The number of hydrogen-bond acceptors (Lipinski definition) is 3. The number of carboxylic acids is 1. The Bertz CT molecular complexity index is 299. The molecule has 0 aliphatic heterocycles. The van der Waals surface area contributed by atoms with Crippen LogP contribution in [-0.4, -0.2) is 35.0 Å². The summed E-state index contributed by atoms with van der Waals surface area (Å²) >= 11 is 0. The predicted molar refractivity (Wildman–Crippen MR) is 64.8 cm³/mol. The maximum Gasteiger partial charge on any atom is 0.326 e. The number of alkyl halides is 1. The normalized spacial score (nSPS) is 15.3. The van der Waals surface area contributed by atoms with Gasteiger partial charge >= 0.3 is 5.97 Å². The van der Waals surface area contributed by atoms with E-state index in [1.807, 2.05) is 13.8 Å². The highest BCUT2D eigenvalue weighted by Crippen LogP contribution is 2.12. The Morgan fingerprint density at radius 3 is 2.17 bits per heavy atom. The largest absolute Gasteiger partial charge is 0.480 e. The molecule has 0 aliphatic carbocycles. The van der Waals surface area contributed by atoms with Crippen molar-refractivity contribution in [3.8, 4) is 0 Å². The summed E-state index contributed by atoms with van der Waals surface area (Å²) in [4.78, 5) is 22.3. The monoisotopic (exact) mass is 263 g/mol. The van der Waals surface area contributed by atoms with E-state index in [0.717, 1.165) is 0 Å². The van der Waals surface area contributed by atoms with Crippen LogP contribution in [-0.2, 0) is 14.3 Å². The van der Waals surface area contributed by atoms with Gasteiger partial charge in [0.1, 0.15) is 6.04 Å². The number of rotatable bonds is 6. The summed E-state index contributed by atoms with van der Waals surface area (Å²) in [5.74, 6) is -2.16. The van der Waals surface area contributed by atoms with Crippen LogP contribution in [0.15, 0.2) is 0 Å². The van der Waals surface area contributed by atoms with Crippen molar-refractivity contribution in [3.05, 3.63) is 0 Å². The molecule has 0 aromatic rings. The molecule has 0 aromatic carbocycles. The van der Waals surface area contributed by atoms with Crippen molar-refractivity contribution in [3.63, 3.8) is 0 Å². The summed E-state index contributed by atoms with van der Waals surface area (Å²) in [5.41, 5.74) is -0.812. The molecule has 0 aromatic heterocycles. The van der Waals surface area contributed by atoms with E-state index in [1.165, 1.54) is 0 Å². The first-order chi connectivity index (χ1) is 8.03. The Kier molecular flexibility index (Phi) is 6.25. The molecule has 5 nitrogen and oxygen atoms in total. The van der Waals surface area contributed by atoms with Crippen LogP contribution in [0, 0.1) is 5.92 Å². The Morgan fingerprint density at radius 1 is 1.33 bits per heavy atom. The Hall–Kier alpha value is -1.17. The Morgan fingerprint density at radius 2 is 1.83 bits per heavy atom. The summed E-state index contributed by atoms with van der Waals surface area (Å²) in [5, 5.41) is 11.0. The SMILES string of the molecule is CC(C)CC(NC(=O)C(F)OC(C)(C)C)C(=O)O. The Balaban J connectivity index is 4.46. The van der Waals surface area contributed by atoms with Gasteiger partial charge in [-0.2, -0.15) is 0 Å². The molecule has 0 aliphatic rings. The first kappa shape index (κ1) is 16.8. The summed E-state index contributed by atoms with van der Waals surface area (Å²) in [6.45, 7) is 8.46. The van der Waals surface area contributed by atoms with Crippen molar-refractivity contribution in [1.82, 2.24) is 5.32 Å². The molecule has 2 N–H and O–H groups in total. The van der Waals surface area contributed by atoms with Gasteiger partial charge < -0.3 is 15.2 Å². The van der Waals surface area contributed by atoms with E-state index in [4.69, 9.17) is 9.84 Å². The molecule has 0 saturated carbocycles. The number of aliphatic carboxylic acids is 1. The number of amides is 1. The van der Waals surface area contributed by atoms with Crippen molar-refractivity contribution >= 4 is 11.9 Å². The lowest BCUT2D eigenvalue weighted by Gasteiger charge is -2.23. The van der Waals surface area contributed by atoms with E-state index in [1.54, 1.807) is 20.8 Å². The predicted octanol–water partition coefficient (Wildman–Crippen LogP) is 1.71. The van der Waals surface area contributed by atoms with Crippen LogP contribution in [0.25, 0.3) is 0 Å². The average Bonchev–Trinajstić information content (AvgIpc) is 2.12. The van der Waals surface area contributed by atoms with Crippen molar-refractivity contribution in [2.45, 2.75) is 59.0 Å². The molecular weight excluding hydrogens is 241 g/mol. The molecule has 1 amide bonds. The number of carbonyl (C=O) groups excluding carboxylic acids is 1. The van der Waals surface area contributed by atoms with E-state index in [0.29, 0.717) is 0 Å². The zero-order valence-corrected chi connectivity index (χ0v) is 11.5. The zero-order valence-electron chi connectivity index (χ0n) is 11.5. The van der Waals surface area contributed by atoms with Crippen LogP contribution >= 0.6 is 0 Å². The van der Waals surface area contributed by atoms with Gasteiger partial charge in [0, 0.05) is 0 Å². The number of ether oxygens (including phenoxy) is 1. The summed E-state index contributed by atoms with van der Waals surface area (Å²) in [7, 11) is 0. The lowest BCUT2D eigenvalue weighted by Crippen LogP contribution is -2.47. The maximum atomic E-state index is 13.4. The fourth-order valence-electron chi connectivity index (χ4n) is 1.29. The summed E-state index contributed by atoms with van der Waals surface area (Å²) in [6.07, 6.45) is -1.93. The highest BCUT2D eigenvalue weighted by atomic mass is 19.1. The molecule has 2 unspecified atom stereocenters. The summed E-state index contributed by atoms with van der Waals surface area (Å²) in [6, 6.07) is -1.10. The third-order valence-corrected chi connectivity index (χ3v) is 1.98. The van der Waals surface area contributed by atoms with Crippen LogP contribution in [0.4, 0.5) is 4.39 Å². The molecule has 0 radical (unpaired) electrons. The molecule has 106 valence electrons. The van der Waals surface area contributed by atoms with Gasteiger partial charge in [-0.1, -0.05) is 13.8 Å². The molecular formula is C12H22FNO4. The first-order valence-corrected chi connectivity index (χ1v) is 5.88. The van der Waals surface area contributed by atoms with Crippen molar-refractivity contribution in [2.24, 2.45) is 5.92 Å². The topological polar surface area (TPSA) is 75.6 Å². The molecule has 0 heterocycles. The standard InChI is InChI=1S/C12H22FNO4/c1-7(2)6-8(11(16)17)14-10(15)9(13)18-12(3,4)5/h7-9H,6H2,1-5H3,(H,14,15)(H,16,17). The van der Waals surface area contributed by atoms with E-state index >= 15 is 0 Å². The second-order valence-electron chi connectivity index (χ2n) is 5.58. The lowest BCUT2D eigenvalue weighted by molar-refractivity contribution is -0.165. The fraction of sp³-hybridized carbons (Fsp3) is 0.833. The molecule has 6 heteroatoms. The minimum atomic E-state index is -2.17. The van der Waals surface area contributed by atoms with E-state index in [9.17, 15) is 14.0 Å². The van der Waals surface area contributed by atoms with Gasteiger partial charge in [0.15, 0.2) is 0 Å². The maximum absolute atomic E-state index is 13.4. The minimum absolute atomic E-state index is 0.0768. The first-order valence-electron chi connectivity index (χ1n) is 5.88. The average molecular weight is 263 g/mol. The molecule has 0 rings (SSSR count). The van der Waals surface area contributed by atoms with Gasteiger partial charge in [-0.05, 0) is 33.1 Å². The highest BCUT2D eigenvalue weighted by Gasteiger charge is 2.29. The third kappa shape index (κ3) is 7.21. The summed E-state index contributed by atoms with van der Waals surface area (Å²) < 4.78 is 18.2. The zero-order chi connectivity index (χ0) is 14.5. The Labute approximate surface area is 107 Å². The number of halogens is 1. The number of hydrogen-bond donors (Lipinski definition) is 2. The van der Waals surface area contributed by atoms with Crippen LogP contribution in [0.3, 0.4) is 0 Å². The second-order valence-corrected chi connectivity index (χ2v) is 5.58. The molecule has 0 spiro atoms. The van der Waals surface area contributed by atoms with Crippen molar-refractivity contribution in [2.75, 3.05) is 0 Å². The van der Waals surface area contributed by atoms with E-state index in [2.05, 4.69) is 5.32 Å². The van der Waals surface area contributed by atoms with Gasteiger partial charge in [0.25, 0.3) is 12.3 Å². The number of carbonyl (C=O) groups is 2. The molecule has 0 saturated heterocycles. The molecule has 0 bridgehead atoms. The van der Waals surface area contributed by atoms with Crippen LogP contribution in [0.5, 0.6) is 0 Å². The van der Waals surface area contributed by atoms with Crippen molar-refractivity contribution in [1.29, 1.82) is 0 Å². The van der Waals surface area contributed by atoms with Gasteiger partial charge in [-0.25, -0.2) is 9.18 Å². The van der Waals surface area contributed by atoms with Crippen LogP contribution in [0.1, 0.15) is 41.0 Å². The van der Waals surface area contributed by atoms with E-state index < -0.39 is 29.9 Å². The molecule has 2 atom stereocenters. The van der Waals surface area contributed by atoms with Gasteiger partial charge in [0.05, 0.1) is 5.60 Å². The van der Waals surface area contributed by atoms with Gasteiger partial charge in [-0.15, -0.1) is 0 Å².